The van der Waals surface area contributed by atoms with E-state index in [4.69, 9.17) is 0 Å². The normalized spacial score (nSPS) is 11.5. The summed E-state index contributed by atoms with van der Waals surface area (Å²) in [7, 11) is 0. The van der Waals surface area contributed by atoms with Crippen LogP contribution in [0.2, 0.25) is 0 Å². The Morgan fingerprint density at radius 1 is 1.05 bits per heavy atom. The molecule has 0 bridgehead atoms. The van der Waals surface area contributed by atoms with Gasteiger partial charge in [-0.25, -0.2) is 0 Å². The first-order valence-corrected chi connectivity index (χ1v) is 7.76. The fraction of sp³-hybridized carbons (Fsp3) is 0.467. The van der Waals surface area contributed by atoms with E-state index in [0.717, 1.165) is 22.5 Å². The van der Waals surface area contributed by atoms with Crippen molar-refractivity contribution >= 4 is 15.9 Å². The van der Waals surface area contributed by atoms with Crippen molar-refractivity contribution in [2.75, 3.05) is 0 Å². The third-order valence-corrected chi connectivity index (χ3v) is 3.74. The van der Waals surface area contributed by atoms with E-state index in [9.17, 15) is 0 Å². The number of hydrogen-bond acceptors (Lipinski definition) is 2. The minimum Gasteiger partial charge on any atom is -0.308 e. The zero-order valence-corrected chi connectivity index (χ0v) is 13.5. The first-order chi connectivity index (χ1) is 9.04. The van der Waals surface area contributed by atoms with Gasteiger partial charge < -0.3 is 4.57 Å². The summed E-state index contributed by atoms with van der Waals surface area (Å²) in [5.41, 5.74) is 2.47. The number of benzene rings is 1. The maximum Gasteiger partial charge on any atom is 0.164 e. The third kappa shape index (κ3) is 2.89. The molecule has 0 atom stereocenters. The van der Waals surface area contributed by atoms with Crippen molar-refractivity contribution in [3.8, 4) is 11.4 Å². The molecule has 0 fully saturated rings. The highest BCUT2D eigenvalue weighted by atomic mass is 79.9. The van der Waals surface area contributed by atoms with Crippen LogP contribution >= 0.6 is 15.9 Å². The van der Waals surface area contributed by atoms with E-state index < -0.39 is 0 Å². The lowest BCUT2D eigenvalue weighted by Gasteiger charge is -2.13. The van der Waals surface area contributed by atoms with Crippen LogP contribution in [0, 0.1) is 0 Å². The molecule has 19 heavy (non-hydrogen) atoms. The van der Waals surface area contributed by atoms with Gasteiger partial charge in [0.25, 0.3) is 0 Å². The van der Waals surface area contributed by atoms with E-state index in [-0.39, 0.29) is 0 Å². The lowest BCUT2D eigenvalue weighted by Crippen LogP contribution is -2.06. The van der Waals surface area contributed by atoms with Crippen LogP contribution in [0.25, 0.3) is 11.4 Å². The fourth-order valence-corrected chi connectivity index (χ4v) is 2.55. The summed E-state index contributed by atoms with van der Waals surface area (Å²) in [6.45, 7) is 8.71. The molecule has 1 aromatic heterocycles. The second-order valence-electron chi connectivity index (χ2n) is 5.31. The Hall–Kier alpha value is -1.16. The topological polar surface area (TPSA) is 30.7 Å². The zero-order valence-electron chi connectivity index (χ0n) is 11.9. The maximum absolute atomic E-state index is 4.34. The summed E-state index contributed by atoms with van der Waals surface area (Å²) in [5, 5.41) is 9.32. The molecule has 0 aliphatic carbocycles. The van der Waals surface area contributed by atoms with Gasteiger partial charge in [-0.3, -0.25) is 0 Å². The number of rotatable bonds is 4. The highest BCUT2D eigenvalue weighted by Crippen LogP contribution is 2.25. The summed E-state index contributed by atoms with van der Waals surface area (Å²) >= 11 is 3.47. The SMILES string of the molecule is CC(C)c1ccc(-c2nnc(CBr)n2C(C)C)cc1. The maximum atomic E-state index is 4.34. The van der Waals surface area contributed by atoms with E-state index in [2.05, 4.69) is 82.7 Å². The lowest BCUT2D eigenvalue weighted by atomic mass is 10.0. The molecule has 3 nitrogen and oxygen atoms in total. The van der Waals surface area contributed by atoms with E-state index in [1.807, 2.05) is 0 Å². The van der Waals surface area contributed by atoms with Crippen LogP contribution < -0.4 is 0 Å². The second kappa shape index (κ2) is 5.87. The van der Waals surface area contributed by atoms with Crippen LogP contribution in [0.3, 0.4) is 0 Å². The molecule has 102 valence electrons. The first-order valence-electron chi connectivity index (χ1n) is 6.64. The molecule has 2 rings (SSSR count). The molecule has 1 aromatic carbocycles. The Kier molecular flexibility index (Phi) is 4.40. The molecule has 0 saturated carbocycles. The van der Waals surface area contributed by atoms with Crippen molar-refractivity contribution in [3.05, 3.63) is 35.7 Å². The molecule has 0 aliphatic heterocycles. The van der Waals surface area contributed by atoms with Gasteiger partial charge in [0.05, 0.1) is 5.33 Å². The highest BCUT2D eigenvalue weighted by Gasteiger charge is 2.15. The van der Waals surface area contributed by atoms with Crippen LogP contribution in [0.5, 0.6) is 0 Å². The number of aromatic nitrogens is 3. The third-order valence-electron chi connectivity index (χ3n) is 3.24. The van der Waals surface area contributed by atoms with E-state index >= 15 is 0 Å². The lowest BCUT2D eigenvalue weighted by molar-refractivity contribution is 0.586. The van der Waals surface area contributed by atoms with Gasteiger partial charge in [0.2, 0.25) is 0 Å². The Morgan fingerprint density at radius 3 is 2.16 bits per heavy atom. The quantitative estimate of drug-likeness (QED) is 0.774. The molecule has 0 spiro atoms. The fourth-order valence-electron chi connectivity index (χ4n) is 2.17. The van der Waals surface area contributed by atoms with Crippen molar-refractivity contribution < 1.29 is 0 Å². The van der Waals surface area contributed by atoms with Crippen molar-refractivity contribution in [1.29, 1.82) is 0 Å². The van der Waals surface area contributed by atoms with Gasteiger partial charge in [0.15, 0.2) is 5.82 Å². The monoisotopic (exact) mass is 321 g/mol. The van der Waals surface area contributed by atoms with Gasteiger partial charge in [-0.05, 0) is 25.3 Å². The van der Waals surface area contributed by atoms with Gasteiger partial charge in [-0.1, -0.05) is 54.0 Å². The number of halogens is 1. The Balaban J connectivity index is 2.44. The Labute approximate surface area is 123 Å². The smallest absolute Gasteiger partial charge is 0.164 e. The molecule has 0 saturated heterocycles. The Bertz CT molecular complexity index is 541. The highest BCUT2D eigenvalue weighted by molar-refractivity contribution is 9.08. The number of nitrogens with zero attached hydrogens (tertiary/aromatic N) is 3. The zero-order chi connectivity index (χ0) is 14.0. The van der Waals surface area contributed by atoms with Gasteiger partial charge in [0, 0.05) is 11.6 Å². The summed E-state index contributed by atoms with van der Waals surface area (Å²) in [6.07, 6.45) is 0. The van der Waals surface area contributed by atoms with Crippen molar-refractivity contribution in [1.82, 2.24) is 14.8 Å². The van der Waals surface area contributed by atoms with Crippen LogP contribution in [-0.2, 0) is 5.33 Å². The molecule has 2 aromatic rings. The average Bonchev–Trinajstić information content (AvgIpc) is 2.82. The van der Waals surface area contributed by atoms with Gasteiger partial charge in [-0.2, -0.15) is 0 Å². The largest absolute Gasteiger partial charge is 0.308 e. The molecule has 4 heteroatoms. The van der Waals surface area contributed by atoms with Crippen LogP contribution in [0.1, 0.15) is 51.0 Å². The van der Waals surface area contributed by atoms with E-state index in [1.54, 1.807) is 0 Å². The van der Waals surface area contributed by atoms with Gasteiger partial charge >= 0.3 is 0 Å². The second-order valence-corrected chi connectivity index (χ2v) is 5.87. The molecule has 0 N–H and O–H groups in total. The van der Waals surface area contributed by atoms with Crippen molar-refractivity contribution in [2.45, 2.75) is 45.0 Å². The molecular formula is C15H20BrN3. The summed E-state index contributed by atoms with van der Waals surface area (Å²) < 4.78 is 2.18. The molecule has 1 heterocycles. The van der Waals surface area contributed by atoms with Crippen molar-refractivity contribution in [3.63, 3.8) is 0 Å². The van der Waals surface area contributed by atoms with Crippen LogP contribution in [0.4, 0.5) is 0 Å². The van der Waals surface area contributed by atoms with Crippen LogP contribution in [0.15, 0.2) is 24.3 Å². The molecule has 0 amide bonds. The minimum absolute atomic E-state index is 0.349. The predicted octanol–water partition coefficient (Wildman–Crippen LogP) is 4.54. The average molecular weight is 322 g/mol. The van der Waals surface area contributed by atoms with E-state index in [0.29, 0.717) is 12.0 Å². The van der Waals surface area contributed by atoms with Gasteiger partial charge in [-0.15, -0.1) is 10.2 Å². The Morgan fingerprint density at radius 2 is 1.68 bits per heavy atom. The molecule has 0 aliphatic rings. The first kappa shape index (κ1) is 14.3. The number of hydrogen-bond donors (Lipinski definition) is 0. The van der Waals surface area contributed by atoms with Crippen molar-refractivity contribution in [2.24, 2.45) is 0 Å². The van der Waals surface area contributed by atoms with Crippen LogP contribution in [-0.4, -0.2) is 14.8 Å². The molecular weight excluding hydrogens is 302 g/mol. The summed E-state index contributed by atoms with van der Waals surface area (Å²) in [4.78, 5) is 0. The summed E-state index contributed by atoms with van der Waals surface area (Å²) in [6, 6.07) is 8.97. The molecule has 0 unspecified atom stereocenters. The van der Waals surface area contributed by atoms with Gasteiger partial charge in [0.1, 0.15) is 5.82 Å². The summed E-state index contributed by atoms with van der Waals surface area (Å²) in [5.74, 6) is 2.47. The standard InChI is InChI=1S/C15H20BrN3/c1-10(2)12-5-7-13(8-6-12)15-18-17-14(9-16)19(15)11(3)4/h5-8,10-11H,9H2,1-4H3. The predicted molar refractivity (Wildman–Crippen MR) is 82.6 cm³/mol. The molecule has 0 radical (unpaired) electrons. The minimum atomic E-state index is 0.349. The van der Waals surface area contributed by atoms with E-state index in [1.165, 1.54) is 5.56 Å². The number of alkyl halides is 1.